The monoisotopic (exact) mass is 350 g/mol. The largest absolute Gasteiger partial charge is 0.325 e. The number of fused-ring (bicyclic) bond motifs is 3. The second kappa shape index (κ2) is 6.69. The summed E-state index contributed by atoms with van der Waals surface area (Å²) in [6.45, 7) is 0.0479. The van der Waals surface area contributed by atoms with Gasteiger partial charge in [0.2, 0.25) is 5.91 Å². The fraction of sp³-hybridized carbons (Fsp3) is 0.0952. The number of halogens is 2. The molecular weight excluding hydrogens is 334 g/mol. The summed E-state index contributed by atoms with van der Waals surface area (Å²) in [5.74, 6) is -2.26. The molecule has 0 saturated heterocycles. The first kappa shape index (κ1) is 16.4. The molecule has 0 saturated carbocycles. The number of hydrogen-bond acceptors (Lipinski definition) is 2. The molecule has 0 spiro atoms. The first-order chi connectivity index (χ1) is 12.6. The number of hydrogen-bond donors (Lipinski definition) is 2. The molecule has 0 heterocycles. The van der Waals surface area contributed by atoms with Crippen molar-refractivity contribution in [3.63, 3.8) is 0 Å². The number of carbonyl (C=O) groups is 1. The van der Waals surface area contributed by atoms with E-state index >= 15 is 0 Å². The van der Waals surface area contributed by atoms with Gasteiger partial charge in [-0.3, -0.25) is 10.1 Å². The Kier molecular flexibility index (Phi) is 4.22. The van der Waals surface area contributed by atoms with Gasteiger partial charge in [-0.1, -0.05) is 48.5 Å². The van der Waals surface area contributed by atoms with Gasteiger partial charge in [-0.2, -0.15) is 0 Å². The Morgan fingerprint density at radius 3 is 2.08 bits per heavy atom. The number of amides is 1. The smallest absolute Gasteiger partial charge is 0.238 e. The van der Waals surface area contributed by atoms with Gasteiger partial charge in [-0.15, -0.1) is 0 Å². The van der Waals surface area contributed by atoms with Gasteiger partial charge >= 0.3 is 0 Å². The minimum atomic E-state index is -0.991. The third kappa shape index (κ3) is 2.97. The minimum absolute atomic E-state index is 0.0479. The van der Waals surface area contributed by atoms with Crippen LogP contribution in [-0.2, 0) is 4.79 Å². The molecule has 0 fully saturated rings. The van der Waals surface area contributed by atoms with Crippen molar-refractivity contribution in [2.75, 3.05) is 11.9 Å². The van der Waals surface area contributed by atoms with E-state index in [-0.39, 0.29) is 24.2 Å². The molecule has 0 unspecified atom stereocenters. The lowest BCUT2D eigenvalue weighted by Crippen LogP contribution is -2.31. The van der Waals surface area contributed by atoms with Crippen LogP contribution in [0.25, 0.3) is 11.1 Å². The third-order valence-electron chi connectivity index (χ3n) is 4.50. The fourth-order valence-corrected chi connectivity index (χ4v) is 3.35. The molecule has 1 aliphatic rings. The Hall–Kier alpha value is -3.05. The number of rotatable bonds is 4. The van der Waals surface area contributed by atoms with E-state index in [1.807, 2.05) is 36.4 Å². The molecule has 3 aromatic carbocycles. The van der Waals surface area contributed by atoms with E-state index in [9.17, 15) is 13.6 Å². The number of benzene rings is 3. The van der Waals surface area contributed by atoms with Gasteiger partial charge in [0.15, 0.2) is 11.6 Å². The minimum Gasteiger partial charge on any atom is -0.325 e. The van der Waals surface area contributed by atoms with Crippen molar-refractivity contribution >= 4 is 11.6 Å². The Bertz CT molecular complexity index is 942. The molecule has 2 N–H and O–H groups in total. The highest BCUT2D eigenvalue weighted by Crippen LogP contribution is 2.42. The highest BCUT2D eigenvalue weighted by molar-refractivity contribution is 5.92. The van der Waals surface area contributed by atoms with Crippen LogP contribution in [-0.4, -0.2) is 12.5 Å². The quantitative estimate of drug-likeness (QED) is 0.738. The summed E-state index contributed by atoms with van der Waals surface area (Å²) in [5.41, 5.74) is 4.77. The van der Waals surface area contributed by atoms with E-state index in [1.54, 1.807) is 0 Å². The normalized spacial score (nSPS) is 12.5. The molecule has 130 valence electrons. The van der Waals surface area contributed by atoms with Crippen LogP contribution < -0.4 is 10.6 Å². The standard InChI is InChI=1S/C21H16F2N2O/c22-18-10-9-13(11-19(18)23)25-20(26)12-24-21-16-7-3-1-5-14(16)15-6-2-4-8-17(15)21/h1-11,21,24H,12H2,(H,25,26). The van der Waals surface area contributed by atoms with Crippen molar-refractivity contribution in [1.29, 1.82) is 0 Å². The summed E-state index contributed by atoms with van der Waals surface area (Å²) in [6.07, 6.45) is 0. The van der Waals surface area contributed by atoms with Gasteiger partial charge in [0.25, 0.3) is 0 Å². The average molecular weight is 350 g/mol. The van der Waals surface area contributed by atoms with E-state index in [2.05, 4.69) is 22.8 Å². The van der Waals surface area contributed by atoms with Gasteiger partial charge < -0.3 is 5.32 Å². The lowest BCUT2D eigenvalue weighted by molar-refractivity contribution is -0.115. The molecule has 5 heteroatoms. The van der Waals surface area contributed by atoms with E-state index < -0.39 is 11.6 Å². The van der Waals surface area contributed by atoms with Gasteiger partial charge in [-0.05, 0) is 34.4 Å². The lowest BCUT2D eigenvalue weighted by Gasteiger charge is -2.15. The predicted molar refractivity (Wildman–Crippen MR) is 96.7 cm³/mol. The Labute approximate surface area is 149 Å². The number of carbonyl (C=O) groups excluding carboxylic acids is 1. The second-order valence-corrected chi connectivity index (χ2v) is 6.17. The summed E-state index contributed by atoms with van der Waals surface area (Å²) in [5, 5.41) is 5.83. The molecule has 1 aliphatic carbocycles. The first-order valence-electron chi connectivity index (χ1n) is 8.30. The van der Waals surface area contributed by atoms with Gasteiger partial charge in [0, 0.05) is 11.8 Å². The molecule has 3 aromatic rings. The van der Waals surface area contributed by atoms with Crippen molar-refractivity contribution < 1.29 is 13.6 Å². The Balaban J connectivity index is 1.49. The number of nitrogens with one attached hydrogen (secondary N) is 2. The number of anilines is 1. The fourth-order valence-electron chi connectivity index (χ4n) is 3.35. The van der Waals surface area contributed by atoms with Crippen LogP contribution in [0.2, 0.25) is 0 Å². The van der Waals surface area contributed by atoms with Crippen molar-refractivity contribution in [2.24, 2.45) is 0 Å². The van der Waals surface area contributed by atoms with Crippen LogP contribution in [0.15, 0.2) is 66.7 Å². The van der Waals surface area contributed by atoms with Gasteiger partial charge in [-0.25, -0.2) is 8.78 Å². The highest BCUT2D eigenvalue weighted by Gasteiger charge is 2.27. The van der Waals surface area contributed by atoms with E-state index in [4.69, 9.17) is 0 Å². The summed E-state index contributed by atoms with van der Waals surface area (Å²) in [6, 6.07) is 19.3. The van der Waals surface area contributed by atoms with Crippen molar-refractivity contribution in [2.45, 2.75) is 6.04 Å². The predicted octanol–water partition coefficient (Wildman–Crippen LogP) is 4.26. The van der Waals surface area contributed by atoms with Crippen LogP contribution in [0.5, 0.6) is 0 Å². The second-order valence-electron chi connectivity index (χ2n) is 6.17. The van der Waals surface area contributed by atoms with Crippen molar-refractivity contribution in [3.05, 3.63) is 89.5 Å². The van der Waals surface area contributed by atoms with Gasteiger partial charge in [0.05, 0.1) is 12.6 Å². The SMILES string of the molecule is O=C(CNC1c2ccccc2-c2ccccc21)Nc1ccc(F)c(F)c1. The van der Waals surface area contributed by atoms with Crippen LogP contribution in [0.1, 0.15) is 17.2 Å². The average Bonchev–Trinajstić information content (AvgIpc) is 2.97. The molecule has 0 aromatic heterocycles. The van der Waals surface area contributed by atoms with Crippen LogP contribution in [0.3, 0.4) is 0 Å². The molecular formula is C21H16F2N2O. The summed E-state index contributed by atoms with van der Waals surface area (Å²) < 4.78 is 26.2. The zero-order valence-electron chi connectivity index (χ0n) is 13.8. The molecule has 0 radical (unpaired) electrons. The topological polar surface area (TPSA) is 41.1 Å². The maximum absolute atomic E-state index is 13.2. The van der Waals surface area contributed by atoms with E-state index in [0.29, 0.717) is 0 Å². The van der Waals surface area contributed by atoms with Crippen molar-refractivity contribution in [3.8, 4) is 11.1 Å². The lowest BCUT2D eigenvalue weighted by atomic mass is 10.1. The zero-order chi connectivity index (χ0) is 18.1. The summed E-state index contributed by atoms with van der Waals surface area (Å²) in [4.78, 5) is 12.2. The molecule has 26 heavy (non-hydrogen) atoms. The van der Waals surface area contributed by atoms with Gasteiger partial charge in [0.1, 0.15) is 0 Å². The van der Waals surface area contributed by atoms with Crippen LogP contribution in [0, 0.1) is 11.6 Å². The zero-order valence-corrected chi connectivity index (χ0v) is 13.8. The Morgan fingerprint density at radius 2 is 1.46 bits per heavy atom. The maximum atomic E-state index is 13.2. The highest BCUT2D eigenvalue weighted by atomic mass is 19.2. The molecule has 3 nitrogen and oxygen atoms in total. The molecule has 1 amide bonds. The van der Waals surface area contributed by atoms with E-state index in [0.717, 1.165) is 34.4 Å². The molecule has 0 aliphatic heterocycles. The maximum Gasteiger partial charge on any atom is 0.238 e. The first-order valence-corrected chi connectivity index (χ1v) is 8.30. The summed E-state index contributed by atoms with van der Waals surface area (Å²) >= 11 is 0. The molecule has 0 atom stereocenters. The van der Waals surface area contributed by atoms with Crippen molar-refractivity contribution in [1.82, 2.24) is 5.32 Å². The molecule has 0 bridgehead atoms. The summed E-state index contributed by atoms with van der Waals surface area (Å²) in [7, 11) is 0. The van der Waals surface area contributed by atoms with Crippen LogP contribution in [0.4, 0.5) is 14.5 Å². The Morgan fingerprint density at radius 1 is 0.846 bits per heavy atom. The third-order valence-corrected chi connectivity index (χ3v) is 4.50. The molecule has 4 rings (SSSR count). The van der Waals surface area contributed by atoms with E-state index in [1.165, 1.54) is 6.07 Å². The van der Waals surface area contributed by atoms with Crippen LogP contribution >= 0.6 is 0 Å².